The molecule has 0 unspecified atom stereocenters. The van der Waals surface area contributed by atoms with Crippen molar-refractivity contribution in [1.82, 2.24) is 25.1 Å². The van der Waals surface area contributed by atoms with Gasteiger partial charge in [0, 0.05) is 6.54 Å². The highest BCUT2D eigenvalue weighted by Gasteiger charge is 2.38. The lowest BCUT2D eigenvalue weighted by Gasteiger charge is -2.02. The summed E-state index contributed by atoms with van der Waals surface area (Å²) >= 11 is 0.744. The van der Waals surface area contributed by atoms with E-state index in [9.17, 15) is 18.0 Å². The van der Waals surface area contributed by atoms with Crippen molar-refractivity contribution in [3.8, 4) is 0 Å². The van der Waals surface area contributed by atoms with Crippen LogP contribution in [0.1, 0.15) is 21.2 Å². The van der Waals surface area contributed by atoms with Gasteiger partial charge in [-0.25, -0.2) is 0 Å². The summed E-state index contributed by atoms with van der Waals surface area (Å²) in [6.07, 6.45) is -4.68. The second-order valence-corrected chi connectivity index (χ2v) is 5.25. The number of carbonyl (C=O) groups is 1. The van der Waals surface area contributed by atoms with Crippen LogP contribution in [-0.4, -0.2) is 25.7 Å². The van der Waals surface area contributed by atoms with Gasteiger partial charge in [-0.2, -0.15) is 17.7 Å². The highest BCUT2D eigenvalue weighted by Crippen LogP contribution is 2.28. The van der Waals surface area contributed by atoms with Crippen LogP contribution in [0.25, 0.3) is 4.96 Å². The van der Waals surface area contributed by atoms with Crippen molar-refractivity contribution >= 4 is 22.2 Å². The Labute approximate surface area is 125 Å². The number of carbonyl (C=O) groups excluding carboxylic acids is 1. The first-order valence-corrected chi connectivity index (χ1v) is 6.88. The average Bonchev–Trinajstić information content (AvgIpc) is 3.04. The van der Waals surface area contributed by atoms with Crippen LogP contribution in [0.5, 0.6) is 0 Å². The number of hydrogen-bond donors (Lipinski definition) is 1. The van der Waals surface area contributed by atoms with Crippen LogP contribution in [0, 0.1) is 0 Å². The molecule has 2 aromatic heterocycles. The fourth-order valence-electron chi connectivity index (χ4n) is 1.74. The Morgan fingerprint density at radius 1 is 1.23 bits per heavy atom. The molecule has 0 fully saturated rings. The summed E-state index contributed by atoms with van der Waals surface area (Å²) in [4.78, 5) is 11.9. The van der Waals surface area contributed by atoms with Crippen molar-refractivity contribution in [2.24, 2.45) is 0 Å². The summed E-state index contributed by atoms with van der Waals surface area (Å²) < 4.78 is 38.5. The lowest BCUT2D eigenvalue weighted by atomic mass is 10.2. The van der Waals surface area contributed by atoms with Crippen LogP contribution < -0.4 is 5.32 Å². The fourth-order valence-corrected chi connectivity index (χ4v) is 2.49. The topological polar surface area (TPSA) is 72.2 Å². The Bertz CT molecular complexity index is 811. The first-order valence-electron chi connectivity index (χ1n) is 6.07. The Morgan fingerprint density at radius 2 is 1.95 bits per heavy atom. The van der Waals surface area contributed by atoms with E-state index in [0.717, 1.165) is 16.9 Å². The van der Waals surface area contributed by atoms with Crippen LogP contribution in [0.2, 0.25) is 0 Å². The molecule has 10 heteroatoms. The van der Waals surface area contributed by atoms with Gasteiger partial charge in [-0.15, -0.1) is 15.3 Å². The molecule has 6 nitrogen and oxygen atoms in total. The molecule has 114 valence electrons. The SMILES string of the molecule is O=C(NCc1ccccc1)c1nn2c(C(F)(F)F)nnc2s1. The lowest BCUT2D eigenvalue weighted by molar-refractivity contribution is -0.146. The molecule has 1 aromatic carbocycles. The highest BCUT2D eigenvalue weighted by atomic mass is 32.1. The quantitative estimate of drug-likeness (QED) is 0.800. The van der Waals surface area contributed by atoms with Crippen LogP contribution >= 0.6 is 11.3 Å². The monoisotopic (exact) mass is 327 g/mol. The minimum absolute atomic E-state index is 0.0859. The number of nitrogens with one attached hydrogen (secondary N) is 1. The third-order valence-corrected chi connectivity index (χ3v) is 3.63. The molecule has 1 N–H and O–H groups in total. The number of rotatable bonds is 3. The third kappa shape index (κ3) is 2.77. The van der Waals surface area contributed by atoms with Gasteiger partial charge in [0.1, 0.15) is 0 Å². The number of nitrogens with zero attached hydrogens (tertiary/aromatic N) is 4. The standard InChI is InChI=1S/C12H8F3N5OS/c13-12(14,15)10-17-18-11-20(10)19-9(22-11)8(21)16-6-7-4-2-1-3-5-7/h1-5H,6H2,(H,16,21). The fraction of sp³-hybridized carbons (Fsp3) is 0.167. The summed E-state index contributed by atoms with van der Waals surface area (Å²) in [7, 11) is 0. The molecule has 0 spiro atoms. The van der Waals surface area contributed by atoms with Crippen LogP contribution in [0.4, 0.5) is 13.2 Å². The van der Waals surface area contributed by atoms with Gasteiger partial charge in [0.15, 0.2) is 0 Å². The first-order chi connectivity index (χ1) is 10.4. The number of fused-ring (bicyclic) bond motifs is 1. The van der Waals surface area contributed by atoms with Gasteiger partial charge in [0.25, 0.3) is 11.7 Å². The number of aromatic nitrogens is 4. The van der Waals surface area contributed by atoms with Crippen LogP contribution in [0.15, 0.2) is 30.3 Å². The largest absolute Gasteiger partial charge is 0.453 e. The van der Waals surface area contributed by atoms with Gasteiger partial charge in [-0.05, 0) is 5.56 Å². The molecule has 1 amide bonds. The van der Waals surface area contributed by atoms with E-state index in [4.69, 9.17) is 0 Å². The lowest BCUT2D eigenvalue weighted by Crippen LogP contribution is -2.23. The van der Waals surface area contributed by atoms with E-state index in [1.54, 1.807) is 0 Å². The van der Waals surface area contributed by atoms with Crippen molar-refractivity contribution in [2.75, 3.05) is 0 Å². The van der Waals surface area contributed by atoms with E-state index in [0.29, 0.717) is 4.52 Å². The molecular weight excluding hydrogens is 319 g/mol. The summed E-state index contributed by atoms with van der Waals surface area (Å²) in [5, 5.41) is 12.5. The zero-order valence-electron chi connectivity index (χ0n) is 10.8. The van der Waals surface area contributed by atoms with Gasteiger partial charge >= 0.3 is 6.18 Å². The summed E-state index contributed by atoms with van der Waals surface area (Å²) in [6, 6.07) is 9.12. The second-order valence-electron chi connectivity index (χ2n) is 4.29. The van der Waals surface area contributed by atoms with Crippen molar-refractivity contribution in [2.45, 2.75) is 12.7 Å². The Kier molecular flexibility index (Phi) is 3.53. The summed E-state index contributed by atoms with van der Waals surface area (Å²) in [5.41, 5.74) is 0.870. The zero-order valence-corrected chi connectivity index (χ0v) is 11.6. The maximum absolute atomic E-state index is 12.7. The normalized spacial score (nSPS) is 11.8. The van der Waals surface area contributed by atoms with E-state index in [1.165, 1.54) is 0 Å². The smallest absolute Gasteiger partial charge is 0.346 e. The van der Waals surface area contributed by atoms with Crippen LogP contribution in [0.3, 0.4) is 0 Å². The van der Waals surface area contributed by atoms with Crippen molar-refractivity contribution < 1.29 is 18.0 Å². The number of benzene rings is 1. The molecule has 0 atom stereocenters. The molecule has 0 saturated carbocycles. The van der Waals surface area contributed by atoms with Crippen molar-refractivity contribution in [3.63, 3.8) is 0 Å². The average molecular weight is 327 g/mol. The minimum atomic E-state index is -4.68. The maximum Gasteiger partial charge on any atom is 0.453 e. The molecule has 0 bridgehead atoms. The predicted molar refractivity (Wildman–Crippen MR) is 71.3 cm³/mol. The van der Waals surface area contributed by atoms with Gasteiger partial charge < -0.3 is 5.32 Å². The maximum atomic E-state index is 12.7. The second kappa shape index (κ2) is 5.37. The Hall–Kier alpha value is -2.49. The van der Waals surface area contributed by atoms with E-state index in [2.05, 4.69) is 20.6 Å². The number of alkyl halides is 3. The Morgan fingerprint density at radius 3 is 2.64 bits per heavy atom. The van der Waals surface area contributed by atoms with Crippen LogP contribution in [-0.2, 0) is 12.7 Å². The molecule has 0 aliphatic heterocycles. The number of hydrogen-bond acceptors (Lipinski definition) is 5. The van der Waals surface area contributed by atoms with Crippen molar-refractivity contribution in [3.05, 3.63) is 46.7 Å². The predicted octanol–water partition coefficient (Wildman–Crippen LogP) is 2.13. The Balaban J connectivity index is 1.78. The van der Waals surface area contributed by atoms with Gasteiger partial charge in [-0.3, -0.25) is 4.79 Å². The van der Waals surface area contributed by atoms with E-state index >= 15 is 0 Å². The molecule has 0 saturated heterocycles. The summed E-state index contributed by atoms with van der Waals surface area (Å²) in [5.74, 6) is -1.81. The zero-order chi connectivity index (χ0) is 15.7. The molecule has 2 heterocycles. The molecule has 3 aromatic rings. The molecule has 0 radical (unpaired) electrons. The molecular formula is C12H8F3N5OS. The third-order valence-electron chi connectivity index (χ3n) is 2.73. The van der Waals surface area contributed by atoms with Gasteiger partial charge in [0.05, 0.1) is 0 Å². The number of amides is 1. The van der Waals surface area contributed by atoms with Crippen molar-refractivity contribution in [1.29, 1.82) is 0 Å². The van der Waals surface area contributed by atoms with Gasteiger partial charge in [-0.1, -0.05) is 41.7 Å². The van der Waals surface area contributed by atoms with E-state index < -0.39 is 17.9 Å². The van der Waals surface area contributed by atoms with E-state index in [1.807, 2.05) is 30.3 Å². The van der Waals surface area contributed by atoms with Gasteiger partial charge in [0.2, 0.25) is 9.97 Å². The molecule has 0 aliphatic rings. The van der Waals surface area contributed by atoms with E-state index in [-0.39, 0.29) is 16.5 Å². The number of halogens is 3. The molecule has 22 heavy (non-hydrogen) atoms. The molecule has 0 aliphatic carbocycles. The molecule has 3 rings (SSSR count). The minimum Gasteiger partial charge on any atom is -0.346 e. The summed E-state index contributed by atoms with van der Waals surface area (Å²) in [6.45, 7) is 0.256. The first kappa shape index (κ1) is 14.4. The highest BCUT2D eigenvalue weighted by molar-refractivity contribution is 7.18.